The Labute approximate surface area is 125 Å². The molecule has 0 aliphatic heterocycles. The number of thiophene rings is 1. The van der Waals surface area contributed by atoms with Crippen LogP contribution in [0.15, 0.2) is 35.7 Å². The van der Waals surface area contributed by atoms with Crippen LogP contribution in [0.2, 0.25) is 0 Å². The Hall–Kier alpha value is -2.54. The Bertz CT molecular complexity index is 654. The lowest BCUT2D eigenvalue weighted by Gasteiger charge is -2.08. The second-order valence-electron chi connectivity index (χ2n) is 4.30. The minimum absolute atomic E-state index is 0.156. The van der Waals surface area contributed by atoms with E-state index in [0.29, 0.717) is 17.9 Å². The first kappa shape index (κ1) is 14.9. The van der Waals surface area contributed by atoms with E-state index in [1.807, 2.05) is 12.1 Å². The Kier molecular flexibility index (Phi) is 4.78. The predicted molar refractivity (Wildman–Crippen MR) is 81.3 cm³/mol. The summed E-state index contributed by atoms with van der Waals surface area (Å²) in [6.45, 7) is 0.410. The molecule has 0 aliphatic carbocycles. The van der Waals surface area contributed by atoms with Gasteiger partial charge in [0.2, 0.25) is 5.91 Å². The average Bonchev–Trinajstić information content (AvgIpc) is 2.92. The number of benzene rings is 1. The zero-order valence-electron chi connectivity index (χ0n) is 11.2. The SMILES string of the molecule is NC(=O)COc1cccc(NCc2cc(C(N)=O)cs2)c1. The molecule has 0 bridgehead atoms. The molecule has 1 aromatic heterocycles. The molecule has 5 N–H and O–H groups in total. The number of amides is 2. The van der Waals surface area contributed by atoms with Gasteiger partial charge in [-0.2, -0.15) is 0 Å². The topological polar surface area (TPSA) is 107 Å². The van der Waals surface area contributed by atoms with E-state index < -0.39 is 11.8 Å². The molecule has 110 valence electrons. The molecule has 1 aromatic carbocycles. The maximum atomic E-state index is 11.0. The number of nitrogens with two attached hydrogens (primary N) is 2. The summed E-state index contributed by atoms with van der Waals surface area (Å²) >= 11 is 1.46. The first-order valence-corrected chi connectivity index (χ1v) is 7.05. The van der Waals surface area contributed by atoms with E-state index in [1.54, 1.807) is 23.6 Å². The van der Waals surface area contributed by atoms with Gasteiger partial charge in [-0.15, -0.1) is 11.3 Å². The van der Waals surface area contributed by atoms with Crippen molar-refractivity contribution in [2.24, 2.45) is 11.5 Å². The predicted octanol–water partition coefficient (Wildman–Crippen LogP) is 1.32. The fourth-order valence-electron chi connectivity index (χ4n) is 1.64. The molecule has 0 saturated heterocycles. The third-order valence-electron chi connectivity index (χ3n) is 2.62. The van der Waals surface area contributed by atoms with E-state index in [4.69, 9.17) is 16.2 Å². The Morgan fingerprint density at radius 2 is 2.05 bits per heavy atom. The lowest BCUT2D eigenvalue weighted by Crippen LogP contribution is -2.20. The fourth-order valence-corrected chi connectivity index (χ4v) is 2.46. The molecule has 7 heteroatoms. The molecule has 0 atom stereocenters. The van der Waals surface area contributed by atoms with E-state index in [0.717, 1.165) is 10.6 Å². The van der Waals surface area contributed by atoms with E-state index in [1.165, 1.54) is 11.3 Å². The largest absolute Gasteiger partial charge is 0.484 e. The first-order chi connectivity index (χ1) is 10.0. The maximum absolute atomic E-state index is 11.0. The van der Waals surface area contributed by atoms with E-state index in [9.17, 15) is 9.59 Å². The Balaban J connectivity index is 1.94. The fraction of sp³-hybridized carbons (Fsp3) is 0.143. The van der Waals surface area contributed by atoms with Gasteiger partial charge in [-0.25, -0.2) is 0 Å². The normalized spacial score (nSPS) is 10.1. The number of hydrogen-bond donors (Lipinski definition) is 3. The van der Waals surface area contributed by atoms with Crippen molar-refractivity contribution < 1.29 is 14.3 Å². The van der Waals surface area contributed by atoms with E-state index in [2.05, 4.69) is 5.32 Å². The van der Waals surface area contributed by atoms with Crippen molar-refractivity contribution in [2.75, 3.05) is 11.9 Å². The summed E-state index contributed by atoms with van der Waals surface area (Å²) in [6, 6.07) is 8.95. The summed E-state index contributed by atoms with van der Waals surface area (Å²) in [4.78, 5) is 22.7. The molecular weight excluding hydrogens is 290 g/mol. The van der Waals surface area contributed by atoms with Crippen LogP contribution in [0.4, 0.5) is 5.69 Å². The molecular formula is C14H15N3O3S. The van der Waals surface area contributed by atoms with E-state index >= 15 is 0 Å². The number of carbonyl (C=O) groups is 2. The summed E-state index contributed by atoms with van der Waals surface area (Å²) in [5.41, 5.74) is 11.6. The third-order valence-corrected chi connectivity index (χ3v) is 3.56. The molecule has 1 heterocycles. The minimum atomic E-state index is -0.522. The molecule has 0 saturated carbocycles. The van der Waals surface area contributed by atoms with Gasteiger partial charge in [0.1, 0.15) is 5.75 Å². The maximum Gasteiger partial charge on any atom is 0.255 e. The molecule has 0 aliphatic rings. The van der Waals surface area contributed by atoms with Crippen LogP contribution in [0.25, 0.3) is 0 Å². The zero-order valence-corrected chi connectivity index (χ0v) is 12.0. The Morgan fingerprint density at radius 1 is 1.24 bits per heavy atom. The van der Waals surface area contributed by atoms with Gasteiger partial charge in [0.05, 0.1) is 5.56 Å². The quantitative estimate of drug-likeness (QED) is 0.717. The summed E-state index contributed by atoms with van der Waals surface area (Å²) in [5.74, 6) is -0.395. The van der Waals surface area contributed by atoms with Crippen LogP contribution >= 0.6 is 11.3 Å². The Morgan fingerprint density at radius 3 is 2.71 bits per heavy atom. The summed E-state index contributed by atoms with van der Waals surface area (Å²) in [6.07, 6.45) is 0. The molecule has 0 radical (unpaired) electrons. The van der Waals surface area contributed by atoms with Crippen LogP contribution in [-0.4, -0.2) is 18.4 Å². The van der Waals surface area contributed by atoms with Crippen molar-refractivity contribution in [2.45, 2.75) is 6.54 Å². The molecule has 0 unspecified atom stereocenters. The average molecular weight is 305 g/mol. The standard InChI is InChI=1S/C14H15N3O3S/c15-13(18)7-20-11-3-1-2-10(5-11)17-6-12-4-9(8-21-12)14(16)19/h1-5,8,17H,6-7H2,(H2,15,18)(H2,16,19). The van der Waals surface area contributed by atoms with Gasteiger partial charge in [0.15, 0.2) is 6.61 Å². The molecule has 2 amide bonds. The van der Waals surface area contributed by atoms with Gasteiger partial charge < -0.3 is 21.5 Å². The van der Waals surface area contributed by atoms with Crippen molar-refractivity contribution >= 4 is 28.8 Å². The number of primary amides is 2. The van der Waals surface area contributed by atoms with Crippen LogP contribution in [-0.2, 0) is 11.3 Å². The van der Waals surface area contributed by atoms with Crippen LogP contribution in [0.5, 0.6) is 5.75 Å². The van der Waals surface area contributed by atoms with E-state index in [-0.39, 0.29) is 6.61 Å². The number of rotatable bonds is 7. The number of nitrogens with one attached hydrogen (secondary N) is 1. The van der Waals surface area contributed by atoms with Crippen molar-refractivity contribution in [1.29, 1.82) is 0 Å². The highest BCUT2D eigenvalue weighted by atomic mass is 32.1. The highest BCUT2D eigenvalue weighted by Crippen LogP contribution is 2.20. The number of anilines is 1. The summed E-state index contributed by atoms with van der Waals surface area (Å²) < 4.78 is 5.22. The number of carbonyl (C=O) groups excluding carboxylic acids is 2. The van der Waals surface area contributed by atoms with Crippen LogP contribution in [0, 0.1) is 0 Å². The van der Waals surface area contributed by atoms with Crippen LogP contribution in [0.3, 0.4) is 0 Å². The van der Waals surface area contributed by atoms with Crippen molar-refractivity contribution in [3.8, 4) is 5.75 Å². The van der Waals surface area contributed by atoms with Crippen molar-refractivity contribution in [1.82, 2.24) is 0 Å². The molecule has 2 aromatic rings. The monoisotopic (exact) mass is 305 g/mol. The first-order valence-electron chi connectivity index (χ1n) is 6.17. The smallest absolute Gasteiger partial charge is 0.255 e. The highest BCUT2D eigenvalue weighted by molar-refractivity contribution is 7.10. The number of ether oxygens (including phenoxy) is 1. The second kappa shape index (κ2) is 6.76. The third kappa shape index (κ3) is 4.50. The van der Waals surface area contributed by atoms with Gasteiger partial charge >= 0.3 is 0 Å². The molecule has 0 fully saturated rings. The van der Waals surface area contributed by atoms with Gasteiger partial charge in [0, 0.05) is 28.6 Å². The van der Waals surface area contributed by atoms with Gasteiger partial charge in [-0.1, -0.05) is 6.07 Å². The zero-order chi connectivity index (χ0) is 15.2. The summed E-state index contributed by atoms with van der Waals surface area (Å²) in [7, 11) is 0. The van der Waals surface area contributed by atoms with Crippen molar-refractivity contribution in [3.63, 3.8) is 0 Å². The minimum Gasteiger partial charge on any atom is -0.484 e. The summed E-state index contributed by atoms with van der Waals surface area (Å²) in [5, 5.41) is 4.93. The van der Waals surface area contributed by atoms with Crippen LogP contribution in [0.1, 0.15) is 15.2 Å². The van der Waals surface area contributed by atoms with Gasteiger partial charge in [-0.05, 0) is 18.2 Å². The molecule has 0 spiro atoms. The highest BCUT2D eigenvalue weighted by Gasteiger charge is 2.05. The lowest BCUT2D eigenvalue weighted by molar-refractivity contribution is -0.119. The van der Waals surface area contributed by atoms with Crippen molar-refractivity contribution in [3.05, 3.63) is 46.2 Å². The van der Waals surface area contributed by atoms with Gasteiger partial charge in [0.25, 0.3) is 5.91 Å². The second-order valence-corrected chi connectivity index (χ2v) is 5.30. The molecule has 2 rings (SSSR count). The number of hydrogen-bond acceptors (Lipinski definition) is 5. The lowest BCUT2D eigenvalue weighted by atomic mass is 10.2. The van der Waals surface area contributed by atoms with Crippen LogP contribution < -0.4 is 21.5 Å². The molecule has 6 nitrogen and oxygen atoms in total. The molecule has 21 heavy (non-hydrogen) atoms. The van der Waals surface area contributed by atoms with Gasteiger partial charge in [-0.3, -0.25) is 9.59 Å².